The number of nitrogens with zero attached hydrogens (tertiary/aromatic N) is 1. The number of carbonyl (C=O) groups is 4. The molecule has 2 aliphatic heterocycles. The molecule has 1 aromatic rings. The molecule has 120 valence electrons. The van der Waals surface area contributed by atoms with E-state index in [-0.39, 0.29) is 31.3 Å². The summed E-state index contributed by atoms with van der Waals surface area (Å²) in [6, 6.07) is 4.31. The van der Waals surface area contributed by atoms with Crippen LogP contribution in [-0.4, -0.2) is 46.3 Å². The van der Waals surface area contributed by atoms with Crippen molar-refractivity contribution >= 4 is 29.4 Å². The zero-order chi connectivity index (χ0) is 16.6. The van der Waals surface area contributed by atoms with Crippen LogP contribution in [0.25, 0.3) is 0 Å². The van der Waals surface area contributed by atoms with Gasteiger partial charge in [-0.05, 0) is 30.2 Å². The van der Waals surface area contributed by atoms with E-state index in [9.17, 15) is 19.2 Å². The van der Waals surface area contributed by atoms with Gasteiger partial charge < -0.3 is 15.3 Å². The second-order valence-electron chi connectivity index (χ2n) is 5.52. The minimum absolute atomic E-state index is 0.210. The Hall–Kier alpha value is -2.90. The van der Waals surface area contributed by atoms with Crippen molar-refractivity contribution in [2.45, 2.75) is 25.4 Å². The van der Waals surface area contributed by atoms with Gasteiger partial charge in [-0.15, -0.1) is 0 Å². The first kappa shape index (κ1) is 15.0. The van der Waals surface area contributed by atoms with Gasteiger partial charge in [0.1, 0.15) is 12.6 Å². The highest BCUT2D eigenvalue weighted by Crippen LogP contribution is 2.29. The average molecular weight is 317 g/mol. The van der Waals surface area contributed by atoms with Crippen LogP contribution in [0.1, 0.15) is 28.8 Å². The van der Waals surface area contributed by atoms with Crippen molar-refractivity contribution in [3.05, 3.63) is 29.3 Å². The summed E-state index contributed by atoms with van der Waals surface area (Å²) in [7, 11) is 0. The number of aliphatic carboxylic acids is 1. The molecule has 1 aromatic carbocycles. The third-order valence-corrected chi connectivity index (χ3v) is 3.97. The van der Waals surface area contributed by atoms with Crippen molar-refractivity contribution in [3.63, 3.8) is 0 Å². The molecule has 8 heteroatoms. The Balaban J connectivity index is 1.77. The summed E-state index contributed by atoms with van der Waals surface area (Å²) in [4.78, 5) is 47.6. The van der Waals surface area contributed by atoms with Crippen LogP contribution >= 0.6 is 0 Å². The van der Waals surface area contributed by atoms with Crippen molar-refractivity contribution in [3.8, 4) is 0 Å². The van der Waals surface area contributed by atoms with E-state index in [0.717, 1.165) is 5.56 Å². The van der Waals surface area contributed by atoms with Gasteiger partial charge in [-0.2, -0.15) is 0 Å². The van der Waals surface area contributed by atoms with Gasteiger partial charge >= 0.3 is 5.97 Å². The number of imide groups is 1. The number of carboxylic acid groups (broad SMARTS) is 1. The first-order valence-corrected chi connectivity index (χ1v) is 7.19. The number of nitrogens with one attached hydrogen (secondary N) is 2. The molecule has 8 nitrogen and oxygen atoms in total. The Bertz CT molecular complexity index is 715. The Morgan fingerprint density at radius 3 is 2.83 bits per heavy atom. The van der Waals surface area contributed by atoms with Gasteiger partial charge in [0.05, 0.1) is 0 Å². The van der Waals surface area contributed by atoms with Gasteiger partial charge in [0, 0.05) is 24.2 Å². The Morgan fingerprint density at radius 2 is 2.13 bits per heavy atom. The van der Waals surface area contributed by atoms with Gasteiger partial charge in [0.25, 0.3) is 5.91 Å². The molecule has 3 rings (SSSR count). The predicted molar refractivity (Wildman–Crippen MR) is 78.6 cm³/mol. The topological polar surface area (TPSA) is 116 Å². The van der Waals surface area contributed by atoms with Crippen LogP contribution < -0.4 is 10.6 Å². The molecular weight excluding hydrogens is 302 g/mol. The van der Waals surface area contributed by atoms with Crippen molar-refractivity contribution in [1.29, 1.82) is 0 Å². The van der Waals surface area contributed by atoms with E-state index in [1.54, 1.807) is 18.2 Å². The molecule has 0 bridgehead atoms. The molecule has 23 heavy (non-hydrogen) atoms. The molecule has 1 atom stereocenters. The van der Waals surface area contributed by atoms with Crippen molar-refractivity contribution in [2.24, 2.45) is 0 Å². The first-order valence-electron chi connectivity index (χ1n) is 7.19. The fraction of sp³-hybridized carbons (Fsp3) is 0.333. The van der Waals surface area contributed by atoms with Gasteiger partial charge in [0.15, 0.2) is 0 Å². The summed E-state index contributed by atoms with van der Waals surface area (Å²) < 4.78 is 0. The molecule has 0 aromatic heterocycles. The first-order chi connectivity index (χ1) is 11.0. The van der Waals surface area contributed by atoms with E-state index in [4.69, 9.17) is 5.11 Å². The number of fused-ring (bicyclic) bond motifs is 1. The minimum atomic E-state index is -0.980. The number of hydrogen-bond donors (Lipinski definition) is 3. The highest BCUT2D eigenvalue weighted by Gasteiger charge is 2.38. The van der Waals surface area contributed by atoms with Crippen LogP contribution in [0.3, 0.4) is 0 Å². The van der Waals surface area contributed by atoms with E-state index in [2.05, 4.69) is 10.6 Å². The molecule has 0 radical (unpaired) electrons. The van der Waals surface area contributed by atoms with Gasteiger partial charge in [-0.25, -0.2) is 0 Å². The highest BCUT2D eigenvalue weighted by atomic mass is 16.4. The molecule has 2 aliphatic rings. The van der Waals surface area contributed by atoms with E-state index in [1.165, 1.54) is 4.90 Å². The lowest BCUT2D eigenvalue weighted by Crippen LogP contribution is -2.52. The lowest BCUT2D eigenvalue weighted by molar-refractivity contribution is -0.137. The van der Waals surface area contributed by atoms with E-state index in [0.29, 0.717) is 17.7 Å². The van der Waals surface area contributed by atoms with E-state index in [1.807, 2.05) is 0 Å². The van der Waals surface area contributed by atoms with E-state index < -0.39 is 17.9 Å². The fourth-order valence-electron chi connectivity index (χ4n) is 2.86. The number of carboxylic acids is 1. The summed E-state index contributed by atoms with van der Waals surface area (Å²) in [6.45, 7) is 0.0482. The van der Waals surface area contributed by atoms with Crippen LogP contribution in [0, 0.1) is 0 Å². The quantitative estimate of drug-likeness (QED) is 0.670. The number of carbonyl (C=O) groups excluding carboxylic acids is 3. The van der Waals surface area contributed by atoms with Crippen molar-refractivity contribution < 1.29 is 24.3 Å². The number of rotatable bonds is 4. The van der Waals surface area contributed by atoms with Gasteiger partial charge in [-0.3, -0.25) is 24.5 Å². The van der Waals surface area contributed by atoms with Crippen molar-refractivity contribution in [1.82, 2.24) is 10.2 Å². The number of benzene rings is 1. The lowest BCUT2D eigenvalue weighted by Gasteiger charge is -2.29. The fourth-order valence-corrected chi connectivity index (χ4v) is 2.86. The molecule has 1 unspecified atom stereocenters. The van der Waals surface area contributed by atoms with Gasteiger partial charge in [0.2, 0.25) is 11.8 Å². The third-order valence-electron chi connectivity index (χ3n) is 3.97. The molecule has 2 heterocycles. The molecule has 3 N–H and O–H groups in total. The van der Waals surface area contributed by atoms with Crippen molar-refractivity contribution in [2.75, 3.05) is 11.9 Å². The zero-order valence-electron chi connectivity index (χ0n) is 12.2. The molecular formula is C15H15N3O5. The second-order valence-corrected chi connectivity index (χ2v) is 5.52. The largest absolute Gasteiger partial charge is 0.480 e. The summed E-state index contributed by atoms with van der Waals surface area (Å²) >= 11 is 0. The minimum Gasteiger partial charge on any atom is -0.480 e. The maximum Gasteiger partial charge on any atom is 0.322 e. The predicted octanol–water partition coefficient (Wildman–Crippen LogP) is -0.0559. The molecule has 0 aliphatic carbocycles. The molecule has 0 spiro atoms. The van der Waals surface area contributed by atoms with Crippen LogP contribution in [0.5, 0.6) is 0 Å². The highest BCUT2D eigenvalue weighted by molar-refractivity contribution is 6.05. The third kappa shape index (κ3) is 2.87. The second kappa shape index (κ2) is 5.71. The standard InChI is InChI=1S/C15H15N3O5/c19-12-4-3-11(14(22)17-12)18-7-8-5-9(16-6-13(20)21)1-2-10(8)15(18)23/h1-2,5,11,16H,3-4,6-7H2,(H,20,21)(H,17,19,22). The Kier molecular flexibility index (Phi) is 3.73. The molecule has 3 amide bonds. The number of anilines is 1. The van der Waals surface area contributed by atoms with E-state index >= 15 is 0 Å². The Morgan fingerprint density at radius 1 is 1.35 bits per heavy atom. The zero-order valence-corrected chi connectivity index (χ0v) is 12.2. The Labute approximate surface area is 131 Å². The maximum absolute atomic E-state index is 12.4. The monoisotopic (exact) mass is 317 g/mol. The number of hydrogen-bond acceptors (Lipinski definition) is 5. The van der Waals surface area contributed by atoms with Gasteiger partial charge in [-0.1, -0.05) is 0 Å². The van der Waals surface area contributed by atoms with Crippen LogP contribution in [0.2, 0.25) is 0 Å². The molecule has 1 fully saturated rings. The lowest BCUT2D eigenvalue weighted by atomic mass is 10.0. The maximum atomic E-state index is 12.4. The summed E-state index contributed by atoms with van der Waals surface area (Å²) in [6.07, 6.45) is 0.524. The smallest absolute Gasteiger partial charge is 0.322 e. The SMILES string of the molecule is O=C(O)CNc1ccc2c(c1)CN(C1CCC(=O)NC1=O)C2=O. The number of piperidine rings is 1. The van der Waals surface area contributed by atoms with Crippen LogP contribution in [0.4, 0.5) is 5.69 Å². The van der Waals surface area contributed by atoms with Crippen LogP contribution in [-0.2, 0) is 20.9 Å². The average Bonchev–Trinajstić information content (AvgIpc) is 2.82. The summed E-state index contributed by atoms with van der Waals surface area (Å²) in [5, 5.41) is 13.7. The number of amides is 3. The molecule has 1 saturated heterocycles. The molecule has 0 saturated carbocycles. The normalized spacial score (nSPS) is 20.3. The summed E-state index contributed by atoms with van der Waals surface area (Å²) in [5.41, 5.74) is 1.83. The summed E-state index contributed by atoms with van der Waals surface area (Å²) in [5.74, 6) is -2.01. The van der Waals surface area contributed by atoms with Crippen LogP contribution in [0.15, 0.2) is 18.2 Å².